The zero-order chi connectivity index (χ0) is 24.5. The topological polar surface area (TPSA) is 105 Å². The number of ether oxygens (including phenoxy) is 2. The lowest BCUT2D eigenvalue weighted by molar-refractivity contribution is -0.274. The Morgan fingerprint density at radius 3 is 2.35 bits per heavy atom. The van der Waals surface area contributed by atoms with Crippen LogP contribution in [-0.2, 0) is 21.4 Å². The molecule has 0 bridgehead atoms. The van der Waals surface area contributed by atoms with Crippen molar-refractivity contribution in [2.24, 2.45) is 0 Å². The Bertz CT molecular complexity index is 1120. The molecule has 34 heavy (non-hydrogen) atoms. The average molecular weight is 501 g/mol. The van der Waals surface area contributed by atoms with Crippen molar-refractivity contribution >= 4 is 21.7 Å². The molecule has 1 amide bonds. The molecular weight excluding hydrogens is 479 g/mol. The molecule has 1 aromatic heterocycles. The van der Waals surface area contributed by atoms with Crippen LogP contribution in [0.15, 0.2) is 36.7 Å². The zero-order valence-electron chi connectivity index (χ0n) is 18.1. The van der Waals surface area contributed by atoms with Gasteiger partial charge in [0.15, 0.2) is 5.82 Å². The number of amides is 1. The summed E-state index contributed by atoms with van der Waals surface area (Å²) in [6.45, 7) is 1.89. The molecule has 0 N–H and O–H groups in total. The number of carbonyl (C=O) groups excluding carboxylic acids is 1. The number of likely N-dealkylation sites (tertiary alicyclic amines) is 1. The third-order valence-electron chi connectivity index (χ3n) is 5.32. The van der Waals surface area contributed by atoms with Gasteiger partial charge in [-0.3, -0.25) is 14.6 Å². The standard InChI is InChI=1S/C20H22F3N5O5S/c1-34(30,31)27-6-7-28(19(29)13-27)17-8-25-18(9-24-17)32-16-11-26(12-16)10-14-2-4-15(5-3-14)33-20(21,22)23/h2-5,8-9,16H,6-7,10-13H2,1H3. The predicted octanol–water partition coefficient (Wildman–Crippen LogP) is 1.25. The molecule has 1 aromatic carbocycles. The summed E-state index contributed by atoms with van der Waals surface area (Å²) in [4.78, 5) is 24.1. The molecule has 10 nitrogen and oxygen atoms in total. The van der Waals surface area contributed by atoms with Crippen LogP contribution in [-0.4, -0.2) is 84.9 Å². The molecule has 4 rings (SSSR count). The Hall–Kier alpha value is -2.97. The van der Waals surface area contributed by atoms with Gasteiger partial charge in [-0.05, 0) is 17.7 Å². The fourth-order valence-corrected chi connectivity index (χ4v) is 4.40. The van der Waals surface area contributed by atoms with Gasteiger partial charge in [-0.1, -0.05) is 12.1 Å². The molecule has 2 aliphatic rings. The summed E-state index contributed by atoms with van der Waals surface area (Å²) in [5.74, 6) is -0.0303. The molecule has 2 saturated heterocycles. The summed E-state index contributed by atoms with van der Waals surface area (Å²) in [5.41, 5.74) is 0.845. The molecule has 0 saturated carbocycles. The molecule has 2 aromatic rings. The van der Waals surface area contributed by atoms with E-state index < -0.39 is 16.4 Å². The second-order valence-corrected chi connectivity index (χ2v) is 9.96. The van der Waals surface area contributed by atoms with Gasteiger partial charge >= 0.3 is 6.36 Å². The van der Waals surface area contributed by atoms with Gasteiger partial charge in [0, 0.05) is 32.7 Å². The summed E-state index contributed by atoms with van der Waals surface area (Å²) >= 11 is 0. The van der Waals surface area contributed by atoms with Crippen LogP contribution in [0.2, 0.25) is 0 Å². The molecule has 0 radical (unpaired) electrons. The normalized spacial score (nSPS) is 18.6. The van der Waals surface area contributed by atoms with Gasteiger partial charge in [-0.15, -0.1) is 13.2 Å². The second-order valence-electron chi connectivity index (χ2n) is 7.98. The van der Waals surface area contributed by atoms with E-state index in [0.717, 1.165) is 16.1 Å². The van der Waals surface area contributed by atoms with Crippen LogP contribution in [0, 0.1) is 0 Å². The molecule has 3 heterocycles. The van der Waals surface area contributed by atoms with Crippen LogP contribution < -0.4 is 14.4 Å². The predicted molar refractivity (Wildman–Crippen MR) is 114 cm³/mol. The fraction of sp³-hybridized carbons (Fsp3) is 0.450. The molecule has 0 unspecified atom stereocenters. The van der Waals surface area contributed by atoms with Crippen molar-refractivity contribution in [2.75, 3.05) is 43.9 Å². The second kappa shape index (κ2) is 9.35. The van der Waals surface area contributed by atoms with Crippen molar-refractivity contribution in [3.8, 4) is 11.6 Å². The van der Waals surface area contributed by atoms with E-state index in [9.17, 15) is 26.4 Å². The number of nitrogens with zero attached hydrogens (tertiary/aromatic N) is 5. The number of sulfonamides is 1. The van der Waals surface area contributed by atoms with Gasteiger partial charge in [0.2, 0.25) is 21.8 Å². The lowest BCUT2D eigenvalue weighted by Gasteiger charge is -2.38. The van der Waals surface area contributed by atoms with Crippen LogP contribution >= 0.6 is 0 Å². The maximum absolute atomic E-state index is 12.3. The minimum atomic E-state index is -4.71. The number of benzene rings is 1. The van der Waals surface area contributed by atoms with Gasteiger partial charge in [0.25, 0.3) is 0 Å². The van der Waals surface area contributed by atoms with E-state index >= 15 is 0 Å². The van der Waals surface area contributed by atoms with E-state index in [1.54, 1.807) is 12.1 Å². The summed E-state index contributed by atoms with van der Waals surface area (Å²) in [6.07, 6.45) is -0.953. The van der Waals surface area contributed by atoms with E-state index in [1.165, 1.54) is 29.4 Å². The SMILES string of the molecule is CS(=O)(=O)N1CCN(c2cnc(OC3CN(Cc4ccc(OC(F)(F)F)cc4)C3)cn2)C(=O)C1. The number of alkyl halides is 3. The average Bonchev–Trinajstić information content (AvgIpc) is 2.72. The number of aromatic nitrogens is 2. The third kappa shape index (κ3) is 6.12. The van der Waals surface area contributed by atoms with Gasteiger partial charge in [-0.25, -0.2) is 18.4 Å². The van der Waals surface area contributed by atoms with Crippen molar-refractivity contribution in [3.05, 3.63) is 42.2 Å². The Labute approximate surface area is 193 Å². The first-order valence-electron chi connectivity index (χ1n) is 10.3. The van der Waals surface area contributed by atoms with E-state index in [1.807, 2.05) is 0 Å². The molecule has 2 aliphatic heterocycles. The lowest BCUT2D eigenvalue weighted by atomic mass is 10.1. The summed E-state index contributed by atoms with van der Waals surface area (Å²) < 4.78 is 70.7. The highest BCUT2D eigenvalue weighted by Gasteiger charge is 2.32. The first-order chi connectivity index (χ1) is 16.0. The third-order valence-corrected chi connectivity index (χ3v) is 6.57. The molecule has 0 aliphatic carbocycles. The smallest absolute Gasteiger partial charge is 0.471 e. The highest BCUT2D eigenvalue weighted by atomic mass is 32.2. The summed E-state index contributed by atoms with van der Waals surface area (Å²) in [6, 6.07) is 5.71. The first-order valence-corrected chi connectivity index (χ1v) is 12.1. The van der Waals surface area contributed by atoms with E-state index in [2.05, 4.69) is 19.6 Å². The van der Waals surface area contributed by atoms with Crippen LogP contribution in [0.1, 0.15) is 5.56 Å². The number of piperazine rings is 1. The number of rotatable bonds is 7. The Kier molecular flexibility index (Phi) is 6.64. The Balaban J connectivity index is 1.23. The van der Waals surface area contributed by atoms with Crippen molar-refractivity contribution in [1.29, 1.82) is 0 Å². The quantitative estimate of drug-likeness (QED) is 0.558. The van der Waals surface area contributed by atoms with Crippen LogP contribution in [0.4, 0.5) is 19.0 Å². The molecule has 0 atom stereocenters. The van der Waals surface area contributed by atoms with E-state index in [-0.39, 0.29) is 37.4 Å². The lowest BCUT2D eigenvalue weighted by Crippen LogP contribution is -2.53. The zero-order valence-corrected chi connectivity index (χ0v) is 18.9. The van der Waals surface area contributed by atoms with Crippen LogP contribution in [0.25, 0.3) is 0 Å². The van der Waals surface area contributed by atoms with Crippen molar-refractivity contribution in [2.45, 2.75) is 19.0 Å². The monoisotopic (exact) mass is 501 g/mol. The molecule has 0 spiro atoms. The maximum atomic E-state index is 12.3. The van der Waals surface area contributed by atoms with Gasteiger partial charge in [0.05, 0.1) is 25.2 Å². The molecule has 184 valence electrons. The molecule has 2 fully saturated rings. The van der Waals surface area contributed by atoms with Crippen LogP contribution in [0.3, 0.4) is 0 Å². The van der Waals surface area contributed by atoms with Crippen molar-refractivity contribution in [3.63, 3.8) is 0 Å². The Morgan fingerprint density at radius 1 is 1.09 bits per heavy atom. The summed E-state index contributed by atoms with van der Waals surface area (Å²) in [5, 5.41) is 0. The van der Waals surface area contributed by atoms with Gasteiger partial charge in [-0.2, -0.15) is 4.31 Å². The number of hydrogen-bond acceptors (Lipinski definition) is 8. The minimum absolute atomic E-state index is 0.118. The largest absolute Gasteiger partial charge is 0.573 e. The highest BCUT2D eigenvalue weighted by molar-refractivity contribution is 7.88. The van der Waals surface area contributed by atoms with E-state index in [0.29, 0.717) is 31.3 Å². The van der Waals surface area contributed by atoms with Gasteiger partial charge in [0.1, 0.15) is 11.9 Å². The molecular formula is C20H22F3N5O5S. The van der Waals surface area contributed by atoms with Crippen LogP contribution in [0.5, 0.6) is 11.6 Å². The Morgan fingerprint density at radius 2 is 1.79 bits per heavy atom. The highest BCUT2D eigenvalue weighted by Crippen LogP contribution is 2.24. The fourth-order valence-electron chi connectivity index (χ4n) is 3.64. The molecule has 14 heteroatoms. The summed E-state index contributed by atoms with van der Waals surface area (Å²) in [7, 11) is -3.44. The number of anilines is 1. The van der Waals surface area contributed by atoms with E-state index in [4.69, 9.17) is 4.74 Å². The van der Waals surface area contributed by atoms with Crippen molar-refractivity contribution < 1.29 is 35.9 Å². The maximum Gasteiger partial charge on any atom is 0.573 e. The first kappa shape index (κ1) is 24.2. The van der Waals surface area contributed by atoms with Gasteiger partial charge < -0.3 is 9.47 Å². The number of hydrogen-bond donors (Lipinski definition) is 0. The number of halogens is 3. The van der Waals surface area contributed by atoms with Crippen molar-refractivity contribution in [1.82, 2.24) is 19.2 Å². The number of carbonyl (C=O) groups is 1. The minimum Gasteiger partial charge on any atom is -0.471 e.